The molecule has 0 heterocycles. The second kappa shape index (κ2) is 2.10. The first-order valence-electron chi connectivity index (χ1n) is 2.97. The molecular weight excluding hydrogens is 114 g/mol. The molecule has 1 aliphatic rings. The van der Waals surface area contributed by atoms with E-state index in [1.54, 1.807) is 7.05 Å². The van der Waals surface area contributed by atoms with Crippen LogP contribution in [0.2, 0.25) is 0 Å². The highest BCUT2D eigenvalue weighted by atomic mass is 16.1. The number of nitrogens with one attached hydrogen (secondary N) is 1. The Morgan fingerprint density at radius 2 is 2.56 bits per heavy atom. The Hall–Kier alpha value is -0.970. The highest BCUT2D eigenvalue weighted by molar-refractivity contribution is 5.81. The van der Waals surface area contributed by atoms with Crippen molar-refractivity contribution in [1.29, 1.82) is 0 Å². The van der Waals surface area contributed by atoms with Gasteiger partial charge in [0.25, 0.3) is 0 Å². The summed E-state index contributed by atoms with van der Waals surface area (Å²) in [5.74, 6) is 2.95. The summed E-state index contributed by atoms with van der Waals surface area (Å²) < 4.78 is 0. The van der Waals surface area contributed by atoms with Gasteiger partial charge in [-0.15, -0.1) is 12.3 Å². The summed E-state index contributed by atoms with van der Waals surface area (Å²) >= 11 is 0. The van der Waals surface area contributed by atoms with Gasteiger partial charge >= 0.3 is 0 Å². The number of amides is 1. The van der Waals surface area contributed by atoms with Crippen LogP contribution in [0.25, 0.3) is 0 Å². The molecule has 0 saturated heterocycles. The first-order chi connectivity index (χ1) is 4.29. The number of rotatable bonds is 1. The minimum atomic E-state index is 0.0814. The fraction of sp³-hybridized carbons (Fsp3) is 0.571. The molecule has 0 aliphatic heterocycles. The number of carbonyl (C=O) groups is 1. The SMILES string of the molecule is C#C[C@@H]1C[C@H]1C(=O)NC. The predicted molar refractivity (Wildman–Crippen MR) is 34.5 cm³/mol. The quantitative estimate of drug-likeness (QED) is 0.489. The van der Waals surface area contributed by atoms with Crippen molar-refractivity contribution in [3.63, 3.8) is 0 Å². The standard InChI is InChI=1S/C7H9NO/c1-3-5-4-6(5)7(9)8-2/h1,5-6H,4H2,2H3,(H,8,9)/t5-,6-/m1/s1. The summed E-state index contributed by atoms with van der Waals surface area (Å²) in [5, 5.41) is 2.56. The molecule has 1 amide bonds. The van der Waals surface area contributed by atoms with E-state index < -0.39 is 0 Å². The van der Waals surface area contributed by atoms with Gasteiger partial charge in [-0.3, -0.25) is 4.79 Å². The fourth-order valence-corrected chi connectivity index (χ4v) is 0.854. The second-order valence-electron chi connectivity index (χ2n) is 2.23. The van der Waals surface area contributed by atoms with Crippen molar-refractivity contribution in [3.05, 3.63) is 0 Å². The molecule has 9 heavy (non-hydrogen) atoms. The molecule has 0 aromatic heterocycles. The Bertz CT molecular complexity index is 168. The number of terminal acetylenes is 1. The lowest BCUT2D eigenvalue weighted by molar-refractivity contribution is -0.121. The molecule has 2 heteroatoms. The topological polar surface area (TPSA) is 29.1 Å². The lowest BCUT2D eigenvalue weighted by Crippen LogP contribution is -2.20. The molecule has 2 nitrogen and oxygen atoms in total. The van der Waals surface area contributed by atoms with Crippen LogP contribution >= 0.6 is 0 Å². The van der Waals surface area contributed by atoms with Crippen LogP contribution in [0.3, 0.4) is 0 Å². The first-order valence-corrected chi connectivity index (χ1v) is 2.97. The van der Waals surface area contributed by atoms with Crippen molar-refractivity contribution < 1.29 is 4.79 Å². The maximum absolute atomic E-state index is 10.7. The Balaban J connectivity index is 2.36. The van der Waals surface area contributed by atoms with Crippen molar-refractivity contribution >= 4 is 5.91 Å². The first kappa shape index (κ1) is 6.15. The van der Waals surface area contributed by atoms with Gasteiger partial charge in [0.1, 0.15) is 0 Å². The zero-order chi connectivity index (χ0) is 6.85. The largest absolute Gasteiger partial charge is 0.359 e. The number of carbonyl (C=O) groups excluding carboxylic acids is 1. The van der Waals surface area contributed by atoms with Gasteiger partial charge in [0.05, 0.1) is 5.92 Å². The van der Waals surface area contributed by atoms with Gasteiger partial charge in [-0.1, -0.05) is 0 Å². The Kier molecular flexibility index (Phi) is 1.44. The normalized spacial score (nSPS) is 30.7. The van der Waals surface area contributed by atoms with Crippen LogP contribution < -0.4 is 5.32 Å². The van der Waals surface area contributed by atoms with Crippen LogP contribution in [0.15, 0.2) is 0 Å². The molecule has 1 fully saturated rings. The van der Waals surface area contributed by atoms with E-state index in [-0.39, 0.29) is 17.7 Å². The van der Waals surface area contributed by atoms with Gasteiger partial charge in [0.15, 0.2) is 0 Å². The average Bonchev–Trinajstić information content (AvgIpc) is 2.64. The van der Waals surface area contributed by atoms with Crippen LogP contribution in [0, 0.1) is 24.2 Å². The zero-order valence-corrected chi connectivity index (χ0v) is 5.35. The third-order valence-corrected chi connectivity index (χ3v) is 1.59. The van der Waals surface area contributed by atoms with Crippen molar-refractivity contribution in [2.75, 3.05) is 7.05 Å². The van der Waals surface area contributed by atoms with E-state index in [9.17, 15) is 4.79 Å². The number of hydrogen-bond donors (Lipinski definition) is 1. The summed E-state index contributed by atoms with van der Waals surface area (Å²) in [7, 11) is 1.63. The molecule has 0 radical (unpaired) electrons. The highest BCUT2D eigenvalue weighted by Crippen LogP contribution is 2.37. The molecule has 1 N–H and O–H groups in total. The Morgan fingerprint density at radius 3 is 2.89 bits per heavy atom. The van der Waals surface area contributed by atoms with Crippen molar-refractivity contribution in [2.45, 2.75) is 6.42 Å². The van der Waals surface area contributed by atoms with Crippen LogP contribution in [0.5, 0.6) is 0 Å². The van der Waals surface area contributed by atoms with Crippen molar-refractivity contribution in [2.24, 2.45) is 11.8 Å². The zero-order valence-electron chi connectivity index (χ0n) is 5.35. The molecule has 0 aromatic rings. The molecule has 48 valence electrons. The highest BCUT2D eigenvalue weighted by Gasteiger charge is 2.40. The molecule has 1 saturated carbocycles. The molecule has 1 rings (SSSR count). The van der Waals surface area contributed by atoms with Crippen molar-refractivity contribution in [3.8, 4) is 12.3 Å². The van der Waals surface area contributed by atoms with Gasteiger partial charge in [-0.05, 0) is 6.42 Å². The minimum Gasteiger partial charge on any atom is -0.359 e. The van der Waals surface area contributed by atoms with Gasteiger partial charge in [0, 0.05) is 13.0 Å². The number of hydrogen-bond acceptors (Lipinski definition) is 1. The second-order valence-corrected chi connectivity index (χ2v) is 2.23. The summed E-state index contributed by atoms with van der Waals surface area (Å²) in [5.41, 5.74) is 0. The predicted octanol–water partition coefficient (Wildman–Crippen LogP) is 0.00170. The summed E-state index contributed by atoms with van der Waals surface area (Å²) in [6, 6.07) is 0. The monoisotopic (exact) mass is 123 g/mol. The van der Waals surface area contributed by atoms with Gasteiger partial charge in [0.2, 0.25) is 5.91 Å². The van der Waals surface area contributed by atoms with Gasteiger partial charge in [-0.2, -0.15) is 0 Å². The molecular formula is C7H9NO. The Morgan fingerprint density at radius 1 is 1.89 bits per heavy atom. The molecule has 0 aromatic carbocycles. The van der Waals surface area contributed by atoms with E-state index in [0.29, 0.717) is 0 Å². The van der Waals surface area contributed by atoms with Crippen molar-refractivity contribution in [1.82, 2.24) is 5.32 Å². The molecule has 1 aliphatic carbocycles. The van der Waals surface area contributed by atoms with E-state index in [2.05, 4.69) is 11.2 Å². The van der Waals surface area contributed by atoms with Crippen LogP contribution in [-0.2, 0) is 4.79 Å². The molecule has 2 atom stereocenters. The summed E-state index contributed by atoms with van der Waals surface area (Å²) in [6.07, 6.45) is 5.96. The smallest absolute Gasteiger partial charge is 0.224 e. The van der Waals surface area contributed by atoms with Crippen LogP contribution in [-0.4, -0.2) is 13.0 Å². The molecule has 0 spiro atoms. The van der Waals surface area contributed by atoms with Crippen LogP contribution in [0.4, 0.5) is 0 Å². The maximum atomic E-state index is 10.7. The van der Waals surface area contributed by atoms with E-state index in [1.165, 1.54) is 0 Å². The van der Waals surface area contributed by atoms with E-state index >= 15 is 0 Å². The van der Waals surface area contributed by atoms with Gasteiger partial charge < -0.3 is 5.32 Å². The minimum absolute atomic E-state index is 0.0814. The molecule has 0 unspecified atom stereocenters. The lowest BCUT2D eigenvalue weighted by Gasteiger charge is -1.91. The van der Waals surface area contributed by atoms with Crippen LogP contribution in [0.1, 0.15) is 6.42 Å². The summed E-state index contributed by atoms with van der Waals surface area (Å²) in [4.78, 5) is 10.7. The molecule has 0 bridgehead atoms. The Labute approximate surface area is 54.6 Å². The third kappa shape index (κ3) is 1.05. The van der Waals surface area contributed by atoms with E-state index in [0.717, 1.165) is 6.42 Å². The van der Waals surface area contributed by atoms with E-state index in [4.69, 9.17) is 6.42 Å². The van der Waals surface area contributed by atoms with E-state index in [1.807, 2.05) is 0 Å². The lowest BCUT2D eigenvalue weighted by atomic mass is 10.3. The third-order valence-electron chi connectivity index (χ3n) is 1.59. The summed E-state index contributed by atoms with van der Waals surface area (Å²) in [6.45, 7) is 0. The maximum Gasteiger partial charge on any atom is 0.224 e. The average molecular weight is 123 g/mol. The fourth-order valence-electron chi connectivity index (χ4n) is 0.854. The van der Waals surface area contributed by atoms with Gasteiger partial charge in [-0.25, -0.2) is 0 Å².